The first-order chi connectivity index (χ1) is 9.96. The summed E-state index contributed by atoms with van der Waals surface area (Å²) < 4.78 is 61.8. The van der Waals surface area contributed by atoms with Gasteiger partial charge < -0.3 is 10.0 Å². The fourth-order valence-corrected chi connectivity index (χ4v) is 2.45. The van der Waals surface area contributed by atoms with Crippen molar-refractivity contribution in [3.05, 3.63) is 23.8 Å². The molecule has 0 spiro atoms. The van der Waals surface area contributed by atoms with Crippen LogP contribution in [0.5, 0.6) is 0 Å². The molecule has 22 heavy (non-hydrogen) atoms. The molecule has 0 aliphatic carbocycles. The zero-order chi connectivity index (χ0) is 17.1. The number of hydrogen-bond donors (Lipinski definition) is 2. The van der Waals surface area contributed by atoms with E-state index in [2.05, 4.69) is 0 Å². The lowest BCUT2D eigenvalue weighted by Gasteiger charge is -2.26. The monoisotopic (exact) mass is 340 g/mol. The molecule has 10 heteroatoms. The van der Waals surface area contributed by atoms with Gasteiger partial charge in [0, 0.05) is 12.2 Å². The van der Waals surface area contributed by atoms with E-state index in [1.165, 1.54) is 0 Å². The molecule has 3 N–H and O–H groups in total. The maximum Gasteiger partial charge on any atom is 0.418 e. The Balaban J connectivity index is 3.48. The highest BCUT2D eigenvalue weighted by molar-refractivity contribution is 7.89. The van der Waals surface area contributed by atoms with Crippen molar-refractivity contribution in [2.45, 2.75) is 24.4 Å². The van der Waals surface area contributed by atoms with Crippen molar-refractivity contribution in [3.8, 4) is 0 Å². The Hall–Kier alpha value is -1.81. The highest BCUT2D eigenvalue weighted by Crippen LogP contribution is 2.38. The number of rotatable bonds is 6. The number of aliphatic carboxylic acids is 1. The summed E-state index contributed by atoms with van der Waals surface area (Å²) >= 11 is 0. The highest BCUT2D eigenvalue weighted by Gasteiger charge is 2.36. The van der Waals surface area contributed by atoms with Gasteiger partial charge in [0.1, 0.15) is 6.54 Å². The minimum atomic E-state index is -4.85. The lowest BCUT2D eigenvalue weighted by atomic mass is 10.1. The Morgan fingerprint density at radius 3 is 2.36 bits per heavy atom. The molecule has 124 valence electrons. The first kappa shape index (κ1) is 18.2. The second-order valence-corrected chi connectivity index (χ2v) is 6.10. The number of nitrogens with zero attached hydrogens (tertiary/aromatic N) is 1. The van der Waals surface area contributed by atoms with E-state index < -0.39 is 44.9 Å². The van der Waals surface area contributed by atoms with Gasteiger partial charge in [-0.05, 0) is 24.6 Å². The molecule has 0 amide bonds. The zero-order valence-corrected chi connectivity index (χ0v) is 12.4. The van der Waals surface area contributed by atoms with E-state index in [4.69, 9.17) is 10.2 Å². The van der Waals surface area contributed by atoms with Crippen molar-refractivity contribution in [1.29, 1.82) is 0 Å². The Kier molecular flexibility index (Phi) is 5.41. The number of halogens is 3. The lowest BCUT2D eigenvalue weighted by Crippen LogP contribution is -2.32. The Labute approximate surface area is 125 Å². The molecule has 0 aliphatic rings. The van der Waals surface area contributed by atoms with E-state index in [1.807, 2.05) is 0 Å². The molecule has 0 saturated heterocycles. The number of primary sulfonamides is 1. The normalized spacial score (nSPS) is 12.2. The van der Waals surface area contributed by atoms with Crippen LogP contribution in [0.25, 0.3) is 0 Å². The molecule has 6 nitrogen and oxygen atoms in total. The molecule has 0 radical (unpaired) electrons. The number of hydrogen-bond acceptors (Lipinski definition) is 4. The molecule has 0 atom stereocenters. The highest BCUT2D eigenvalue weighted by atomic mass is 32.2. The third-order valence-electron chi connectivity index (χ3n) is 2.76. The van der Waals surface area contributed by atoms with Crippen LogP contribution < -0.4 is 10.0 Å². The molecule has 0 bridgehead atoms. The van der Waals surface area contributed by atoms with Gasteiger partial charge in [-0.25, -0.2) is 13.6 Å². The summed E-state index contributed by atoms with van der Waals surface area (Å²) in [6, 6.07) is 2.25. The van der Waals surface area contributed by atoms with Crippen LogP contribution in [0, 0.1) is 0 Å². The summed E-state index contributed by atoms with van der Waals surface area (Å²) in [5.74, 6) is -1.29. The first-order valence-electron chi connectivity index (χ1n) is 6.17. The van der Waals surface area contributed by atoms with Crippen LogP contribution in [0.4, 0.5) is 18.9 Å². The van der Waals surface area contributed by atoms with Crippen LogP contribution in [0.3, 0.4) is 0 Å². The molecule has 0 aliphatic heterocycles. The third kappa shape index (κ3) is 4.60. The first-order valence-corrected chi connectivity index (χ1v) is 7.72. The molecule has 0 unspecified atom stereocenters. The minimum absolute atomic E-state index is 0.0735. The van der Waals surface area contributed by atoms with Crippen molar-refractivity contribution in [2.24, 2.45) is 5.14 Å². The predicted octanol–water partition coefficient (Wildman–Crippen LogP) is 1.65. The van der Waals surface area contributed by atoms with Crippen LogP contribution in [-0.4, -0.2) is 32.6 Å². The summed E-state index contributed by atoms with van der Waals surface area (Å²) in [5.41, 5.74) is -1.64. The maximum absolute atomic E-state index is 13.1. The number of carboxylic acid groups (broad SMARTS) is 1. The van der Waals surface area contributed by atoms with Crippen molar-refractivity contribution in [2.75, 3.05) is 18.0 Å². The van der Waals surface area contributed by atoms with Gasteiger partial charge in [0.25, 0.3) is 0 Å². The SMILES string of the molecule is CCCN(CC(=O)O)c1ccc(S(N)(=O)=O)cc1C(F)(F)F. The van der Waals surface area contributed by atoms with E-state index in [0.29, 0.717) is 12.5 Å². The van der Waals surface area contributed by atoms with E-state index in [9.17, 15) is 26.4 Å². The quantitative estimate of drug-likeness (QED) is 0.820. The largest absolute Gasteiger partial charge is 0.480 e. The van der Waals surface area contributed by atoms with Gasteiger partial charge in [-0.3, -0.25) is 4.79 Å². The average molecular weight is 340 g/mol. The second-order valence-electron chi connectivity index (χ2n) is 4.54. The van der Waals surface area contributed by atoms with Crippen molar-refractivity contribution in [3.63, 3.8) is 0 Å². The number of nitrogens with two attached hydrogens (primary N) is 1. The van der Waals surface area contributed by atoms with Gasteiger partial charge in [0.15, 0.2) is 0 Å². The fraction of sp³-hybridized carbons (Fsp3) is 0.417. The number of alkyl halides is 3. The fourth-order valence-electron chi connectivity index (χ4n) is 1.91. The average Bonchev–Trinajstić information content (AvgIpc) is 2.35. The Morgan fingerprint density at radius 2 is 1.95 bits per heavy atom. The molecule has 0 aromatic heterocycles. The molecule has 1 aromatic carbocycles. The van der Waals surface area contributed by atoms with Gasteiger partial charge in [-0.15, -0.1) is 0 Å². The smallest absolute Gasteiger partial charge is 0.418 e. The Morgan fingerprint density at radius 1 is 1.36 bits per heavy atom. The topological polar surface area (TPSA) is 101 Å². The predicted molar refractivity (Wildman–Crippen MR) is 73.0 cm³/mol. The van der Waals surface area contributed by atoms with E-state index >= 15 is 0 Å². The number of carboxylic acids is 1. The van der Waals surface area contributed by atoms with Gasteiger partial charge in [0.2, 0.25) is 10.0 Å². The molecule has 1 rings (SSSR count). The summed E-state index contributed by atoms with van der Waals surface area (Å²) in [4.78, 5) is 11.1. The maximum atomic E-state index is 13.1. The minimum Gasteiger partial charge on any atom is -0.480 e. The third-order valence-corrected chi connectivity index (χ3v) is 3.67. The van der Waals surface area contributed by atoms with Crippen LogP contribution in [0.2, 0.25) is 0 Å². The number of benzene rings is 1. The van der Waals surface area contributed by atoms with E-state index in [-0.39, 0.29) is 6.54 Å². The van der Waals surface area contributed by atoms with Crippen LogP contribution in [0.15, 0.2) is 23.1 Å². The summed E-state index contributed by atoms with van der Waals surface area (Å²) in [5, 5.41) is 13.6. The summed E-state index contributed by atoms with van der Waals surface area (Å²) in [6.07, 6.45) is -4.43. The van der Waals surface area contributed by atoms with Gasteiger partial charge >= 0.3 is 12.1 Å². The molecular formula is C12H15F3N2O4S. The van der Waals surface area contributed by atoms with Crippen molar-refractivity contribution < 1.29 is 31.5 Å². The van der Waals surface area contributed by atoms with Gasteiger partial charge in [-0.2, -0.15) is 13.2 Å². The molecule has 1 aromatic rings. The number of carbonyl (C=O) groups is 1. The van der Waals surface area contributed by atoms with Crippen LogP contribution in [0.1, 0.15) is 18.9 Å². The van der Waals surface area contributed by atoms with E-state index in [0.717, 1.165) is 17.0 Å². The molecule has 0 heterocycles. The van der Waals surface area contributed by atoms with Crippen LogP contribution >= 0.6 is 0 Å². The number of anilines is 1. The zero-order valence-electron chi connectivity index (χ0n) is 11.6. The summed E-state index contributed by atoms with van der Waals surface area (Å²) in [7, 11) is -4.30. The van der Waals surface area contributed by atoms with Gasteiger partial charge in [-0.1, -0.05) is 6.92 Å². The van der Waals surface area contributed by atoms with Crippen molar-refractivity contribution >= 4 is 21.7 Å². The number of sulfonamides is 1. The van der Waals surface area contributed by atoms with E-state index in [1.54, 1.807) is 6.92 Å². The van der Waals surface area contributed by atoms with Gasteiger partial charge in [0.05, 0.1) is 10.5 Å². The summed E-state index contributed by atoms with van der Waals surface area (Å²) in [6.45, 7) is 1.12. The second kappa shape index (κ2) is 6.53. The standard InChI is InChI=1S/C12H15F3N2O4S/c1-2-5-17(7-11(18)19)10-4-3-8(22(16,20)21)6-9(10)12(13,14)15/h3-4,6H,2,5,7H2,1H3,(H,18,19)(H2,16,20,21). The van der Waals surface area contributed by atoms with Crippen molar-refractivity contribution in [1.82, 2.24) is 0 Å². The Bertz CT molecular complexity index is 659. The van der Waals surface area contributed by atoms with Crippen LogP contribution in [-0.2, 0) is 21.0 Å². The molecular weight excluding hydrogens is 325 g/mol. The molecule has 0 saturated carbocycles. The lowest BCUT2D eigenvalue weighted by molar-refractivity contribution is -0.138. The molecule has 0 fully saturated rings.